The van der Waals surface area contributed by atoms with Crippen molar-refractivity contribution < 1.29 is 0 Å². The Morgan fingerprint density at radius 1 is 1.45 bits per heavy atom. The van der Waals surface area contributed by atoms with Crippen LogP contribution in [0.3, 0.4) is 0 Å². The molecule has 0 rings (SSSR count). The first-order chi connectivity index (χ1) is 5.16. The highest BCUT2D eigenvalue weighted by molar-refractivity contribution is 4.96. The van der Waals surface area contributed by atoms with Crippen molar-refractivity contribution in [3.63, 3.8) is 0 Å². The summed E-state index contributed by atoms with van der Waals surface area (Å²) in [4.78, 5) is 0. The van der Waals surface area contributed by atoms with E-state index in [1.54, 1.807) is 0 Å². The van der Waals surface area contributed by atoms with Crippen LogP contribution < -0.4 is 5.73 Å². The lowest BCUT2D eigenvalue weighted by molar-refractivity contribution is 0.634. The third-order valence-electron chi connectivity index (χ3n) is 1.61. The summed E-state index contributed by atoms with van der Waals surface area (Å²) in [5, 5.41) is 0. The summed E-state index contributed by atoms with van der Waals surface area (Å²) in [5.41, 5.74) is 6.84. The predicted molar refractivity (Wildman–Crippen MR) is 51.3 cm³/mol. The minimum Gasteiger partial charge on any atom is -0.402 e. The van der Waals surface area contributed by atoms with Crippen LogP contribution in [0.25, 0.3) is 0 Å². The van der Waals surface area contributed by atoms with Gasteiger partial charge in [0.1, 0.15) is 0 Å². The largest absolute Gasteiger partial charge is 0.402 e. The summed E-state index contributed by atoms with van der Waals surface area (Å²) in [6.45, 7) is 6.59. The van der Waals surface area contributed by atoms with Crippen LogP contribution in [0.5, 0.6) is 0 Å². The number of allylic oxidation sites excluding steroid dienone is 2. The standard InChI is InChI=1S/C10H21N/c1-4-5-6-7-10(11)8-9(2)3/h7,9H,4-6,8,11H2,1-3H3/b10-7+. The number of hydrogen-bond acceptors (Lipinski definition) is 1. The van der Waals surface area contributed by atoms with Crippen molar-refractivity contribution >= 4 is 0 Å². The van der Waals surface area contributed by atoms with E-state index in [9.17, 15) is 0 Å². The molecule has 0 heterocycles. The van der Waals surface area contributed by atoms with Crippen molar-refractivity contribution in [2.45, 2.75) is 46.5 Å². The molecule has 11 heavy (non-hydrogen) atoms. The molecule has 66 valence electrons. The molecule has 0 saturated carbocycles. The quantitative estimate of drug-likeness (QED) is 0.607. The maximum absolute atomic E-state index is 5.78. The van der Waals surface area contributed by atoms with Crippen LogP contribution in [-0.4, -0.2) is 0 Å². The second-order valence-corrected chi connectivity index (χ2v) is 3.52. The van der Waals surface area contributed by atoms with E-state index in [0.717, 1.165) is 18.5 Å². The minimum atomic E-state index is 0.688. The molecule has 0 aliphatic rings. The molecular formula is C10H21N. The summed E-state index contributed by atoms with van der Waals surface area (Å²) in [5.74, 6) is 0.688. The predicted octanol–water partition coefficient (Wildman–Crippen LogP) is 3.07. The zero-order valence-electron chi connectivity index (χ0n) is 8.06. The normalized spacial score (nSPS) is 12.5. The Balaban J connectivity index is 3.46. The highest BCUT2D eigenvalue weighted by Crippen LogP contribution is 2.07. The fraction of sp³-hybridized carbons (Fsp3) is 0.800. The van der Waals surface area contributed by atoms with Crippen molar-refractivity contribution in [1.82, 2.24) is 0 Å². The van der Waals surface area contributed by atoms with E-state index in [-0.39, 0.29) is 0 Å². The Labute approximate surface area is 70.7 Å². The van der Waals surface area contributed by atoms with Crippen LogP contribution in [0.15, 0.2) is 11.8 Å². The second kappa shape index (κ2) is 6.26. The second-order valence-electron chi connectivity index (χ2n) is 3.52. The Morgan fingerprint density at radius 2 is 2.09 bits per heavy atom. The topological polar surface area (TPSA) is 26.0 Å². The number of rotatable bonds is 5. The lowest BCUT2D eigenvalue weighted by Crippen LogP contribution is -2.01. The van der Waals surface area contributed by atoms with Gasteiger partial charge in [0.05, 0.1) is 0 Å². The zero-order valence-corrected chi connectivity index (χ0v) is 8.06. The molecule has 0 aromatic rings. The Kier molecular flexibility index (Phi) is 6.00. The maximum atomic E-state index is 5.78. The average Bonchev–Trinajstić information content (AvgIpc) is 1.86. The van der Waals surface area contributed by atoms with Gasteiger partial charge in [0.25, 0.3) is 0 Å². The van der Waals surface area contributed by atoms with Gasteiger partial charge in [-0.05, 0) is 18.8 Å². The molecule has 0 spiro atoms. The van der Waals surface area contributed by atoms with Crippen molar-refractivity contribution in [1.29, 1.82) is 0 Å². The van der Waals surface area contributed by atoms with E-state index in [4.69, 9.17) is 5.73 Å². The highest BCUT2D eigenvalue weighted by Gasteiger charge is 1.94. The van der Waals surface area contributed by atoms with Crippen LogP contribution in [0, 0.1) is 5.92 Å². The first kappa shape index (κ1) is 10.5. The average molecular weight is 155 g/mol. The zero-order chi connectivity index (χ0) is 8.69. The van der Waals surface area contributed by atoms with E-state index < -0.39 is 0 Å². The SMILES string of the molecule is CCCC/C=C(/N)CC(C)C. The van der Waals surface area contributed by atoms with Crippen molar-refractivity contribution in [2.75, 3.05) is 0 Å². The smallest absolute Gasteiger partial charge is 0.00425 e. The van der Waals surface area contributed by atoms with Gasteiger partial charge in [0, 0.05) is 5.70 Å². The summed E-state index contributed by atoms with van der Waals surface area (Å²) < 4.78 is 0. The molecule has 1 nitrogen and oxygen atoms in total. The van der Waals surface area contributed by atoms with E-state index in [1.165, 1.54) is 12.8 Å². The first-order valence-corrected chi connectivity index (χ1v) is 4.61. The molecule has 1 heteroatoms. The van der Waals surface area contributed by atoms with Gasteiger partial charge in [0.15, 0.2) is 0 Å². The molecule has 0 aliphatic heterocycles. The molecule has 0 atom stereocenters. The lowest BCUT2D eigenvalue weighted by atomic mass is 10.1. The van der Waals surface area contributed by atoms with Gasteiger partial charge in [-0.1, -0.05) is 39.7 Å². The molecule has 0 amide bonds. The summed E-state index contributed by atoms with van der Waals surface area (Å²) >= 11 is 0. The van der Waals surface area contributed by atoms with E-state index >= 15 is 0 Å². The molecule has 0 bridgehead atoms. The molecule has 0 unspecified atom stereocenters. The van der Waals surface area contributed by atoms with E-state index in [1.807, 2.05) is 0 Å². The van der Waals surface area contributed by atoms with Gasteiger partial charge < -0.3 is 5.73 Å². The van der Waals surface area contributed by atoms with Gasteiger partial charge in [-0.15, -0.1) is 0 Å². The Morgan fingerprint density at radius 3 is 2.55 bits per heavy atom. The molecule has 0 fully saturated rings. The first-order valence-electron chi connectivity index (χ1n) is 4.61. The highest BCUT2D eigenvalue weighted by atomic mass is 14.6. The molecule has 0 radical (unpaired) electrons. The minimum absolute atomic E-state index is 0.688. The van der Waals surface area contributed by atoms with Crippen LogP contribution >= 0.6 is 0 Å². The summed E-state index contributed by atoms with van der Waals surface area (Å²) in [6.07, 6.45) is 6.88. The van der Waals surface area contributed by atoms with Crippen LogP contribution in [0.1, 0.15) is 46.5 Å². The van der Waals surface area contributed by atoms with Gasteiger partial charge in [-0.3, -0.25) is 0 Å². The molecule has 0 aromatic carbocycles. The van der Waals surface area contributed by atoms with Crippen molar-refractivity contribution in [2.24, 2.45) is 11.7 Å². The third kappa shape index (κ3) is 7.44. The maximum Gasteiger partial charge on any atom is 0.00425 e. The third-order valence-corrected chi connectivity index (χ3v) is 1.61. The fourth-order valence-corrected chi connectivity index (χ4v) is 1.05. The van der Waals surface area contributed by atoms with Crippen LogP contribution in [-0.2, 0) is 0 Å². The molecule has 0 aliphatic carbocycles. The Hall–Kier alpha value is -0.460. The molecular weight excluding hydrogens is 134 g/mol. The number of nitrogens with two attached hydrogens (primary N) is 1. The van der Waals surface area contributed by atoms with Crippen LogP contribution in [0.4, 0.5) is 0 Å². The van der Waals surface area contributed by atoms with Gasteiger partial charge >= 0.3 is 0 Å². The number of unbranched alkanes of at least 4 members (excludes halogenated alkanes) is 2. The summed E-state index contributed by atoms with van der Waals surface area (Å²) in [7, 11) is 0. The van der Waals surface area contributed by atoms with Gasteiger partial charge in [-0.25, -0.2) is 0 Å². The van der Waals surface area contributed by atoms with Crippen LogP contribution in [0.2, 0.25) is 0 Å². The fourth-order valence-electron chi connectivity index (χ4n) is 1.05. The van der Waals surface area contributed by atoms with E-state index in [2.05, 4.69) is 26.8 Å². The molecule has 0 aromatic heterocycles. The lowest BCUT2D eigenvalue weighted by Gasteiger charge is -2.03. The molecule has 0 saturated heterocycles. The Bertz CT molecular complexity index is 114. The van der Waals surface area contributed by atoms with E-state index in [0.29, 0.717) is 5.92 Å². The summed E-state index contributed by atoms with van der Waals surface area (Å²) in [6, 6.07) is 0. The molecule has 2 N–H and O–H groups in total. The van der Waals surface area contributed by atoms with Gasteiger partial charge in [0.2, 0.25) is 0 Å². The van der Waals surface area contributed by atoms with Crippen molar-refractivity contribution in [3.8, 4) is 0 Å². The van der Waals surface area contributed by atoms with Crippen molar-refractivity contribution in [3.05, 3.63) is 11.8 Å². The van der Waals surface area contributed by atoms with Gasteiger partial charge in [-0.2, -0.15) is 0 Å². The number of hydrogen-bond donors (Lipinski definition) is 1. The monoisotopic (exact) mass is 155 g/mol.